The van der Waals surface area contributed by atoms with Gasteiger partial charge in [0.25, 0.3) is 0 Å². The third-order valence-electron chi connectivity index (χ3n) is 2.34. The van der Waals surface area contributed by atoms with Crippen LogP contribution in [0, 0.1) is 15.5 Å². The Hall–Kier alpha value is -1.30. The van der Waals surface area contributed by atoms with Gasteiger partial charge in [-0.2, -0.15) is 0 Å². The smallest absolute Gasteiger partial charge is 0.314 e. The maximum absolute atomic E-state index is 10.9. The molecule has 0 unspecified atom stereocenters. The van der Waals surface area contributed by atoms with Gasteiger partial charge in [-0.3, -0.25) is 10.1 Å². The summed E-state index contributed by atoms with van der Waals surface area (Å²) in [6, 6.07) is 4.56. The molecule has 0 heterocycles. The molecule has 0 bridgehead atoms. The van der Waals surface area contributed by atoms with E-state index >= 15 is 0 Å². The second-order valence-corrected chi connectivity index (χ2v) is 5.24. The van der Waals surface area contributed by atoms with Gasteiger partial charge >= 0.3 is 5.69 Å². The van der Waals surface area contributed by atoms with Crippen LogP contribution in [0.3, 0.4) is 0 Å². The Morgan fingerprint density at radius 1 is 1.44 bits per heavy atom. The monoisotopic (exact) mass is 317 g/mol. The summed E-state index contributed by atoms with van der Waals surface area (Å²) in [6.45, 7) is 4.42. The van der Waals surface area contributed by atoms with E-state index in [9.17, 15) is 10.1 Å². The van der Waals surface area contributed by atoms with Crippen molar-refractivity contribution < 1.29 is 14.4 Å². The van der Waals surface area contributed by atoms with E-state index in [1.165, 1.54) is 13.2 Å². The molecule has 0 aromatic heterocycles. The van der Waals surface area contributed by atoms with Gasteiger partial charge in [0.2, 0.25) is 0 Å². The normalized spacial score (nSPS) is 11.1. The van der Waals surface area contributed by atoms with Gasteiger partial charge < -0.3 is 9.47 Å². The molecule has 1 aromatic carbocycles. The lowest BCUT2D eigenvalue weighted by Gasteiger charge is -2.21. The number of ether oxygens (including phenoxy) is 2. The van der Waals surface area contributed by atoms with Gasteiger partial charge in [-0.05, 0) is 12.1 Å². The van der Waals surface area contributed by atoms with Crippen LogP contribution in [0.5, 0.6) is 11.5 Å². The average molecular weight is 318 g/mol. The Bertz CT molecular complexity index is 434. The molecule has 5 nitrogen and oxygen atoms in total. The van der Waals surface area contributed by atoms with Gasteiger partial charge in [-0.15, -0.1) is 0 Å². The molecular weight excluding hydrogens is 302 g/mol. The Labute approximate surface area is 114 Å². The summed E-state index contributed by atoms with van der Waals surface area (Å²) < 4.78 is 10.5. The maximum Gasteiger partial charge on any atom is 0.314 e. The van der Waals surface area contributed by atoms with Crippen LogP contribution < -0.4 is 9.47 Å². The molecule has 0 radical (unpaired) electrons. The fraction of sp³-hybridized carbons (Fsp3) is 0.500. The lowest BCUT2D eigenvalue weighted by molar-refractivity contribution is -0.386. The van der Waals surface area contributed by atoms with E-state index in [4.69, 9.17) is 9.47 Å². The first kappa shape index (κ1) is 14.8. The van der Waals surface area contributed by atoms with Crippen molar-refractivity contribution in [1.82, 2.24) is 0 Å². The van der Waals surface area contributed by atoms with E-state index in [2.05, 4.69) is 15.9 Å². The van der Waals surface area contributed by atoms with Crippen molar-refractivity contribution in [3.8, 4) is 11.5 Å². The van der Waals surface area contributed by atoms with E-state index in [1.807, 2.05) is 13.8 Å². The number of hydrogen-bond acceptors (Lipinski definition) is 4. The molecule has 0 aliphatic heterocycles. The lowest BCUT2D eigenvalue weighted by atomic mass is 9.98. The number of nitro benzene ring substituents is 1. The van der Waals surface area contributed by atoms with Gasteiger partial charge in [-0.25, -0.2) is 0 Å². The predicted octanol–water partition coefficient (Wildman–Crippen LogP) is 3.40. The topological polar surface area (TPSA) is 61.6 Å². The molecule has 1 aromatic rings. The van der Waals surface area contributed by atoms with Gasteiger partial charge in [0.05, 0.1) is 24.7 Å². The van der Waals surface area contributed by atoms with E-state index in [0.717, 1.165) is 5.33 Å². The highest BCUT2D eigenvalue weighted by Crippen LogP contribution is 2.32. The zero-order chi connectivity index (χ0) is 13.8. The molecule has 0 spiro atoms. The number of hydrogen-bond donors (Lipinski definition) is 0. The van der Waals surface area contributed by atoms with Gasteiger partial charge in [0.1, 0.15) is 5.75 Å². The highest BCUT2D eigenvalue weighted by atomic mass is 79.9. The fourth-order valence-electron chi connectivity index (χ4n) is 1.20. The quantitative estimate of drug-likeness (QED) is 0.458. The van der Waals surface area contributed by atoms with Crippen LogP contribution in [0.15, 0.2) is 18.2 Å². The Balaban J connectivity index is 2.91. The summed E-state index contributed by atoms with van der Waals surface area (Å²) in [6.07, 6.45) is 0. The number of alkyl halides is 1. The van der Waals surface area contributed by atoms with Crippen molar-refractivity contribution in [1.29, 1.82) is 0 Å². The molecule has 0 saturated carbocycles. The summed E-state index contributed by atoms with van der Waals surface area (Å²) in [4.78, 5) is 10.5. The van der Waals surface area contributed by atoms with E-state index in [0.29, 0.717) is 12.4 Å². The van der Waals surface area contributed by atoms with Crippen molar-refractivity contribution in [2.24, 2.45) is 5.41 Å². The molecule has 0 N–H and O–H groups in total. The number of nitrogens with zero attached hydrogens (tertiary/aromatic N) is 1. The first-order valence-electron chi connectivity index (χ1n) is 5.41. The standard InChI is InChI=1S/C12H16BrNO4/c1-12(2,7-13)8-18-11-5-4-9(17-3)6-10(11)14(15)16/h4-6H,7-8H2,1-3H3. The third kappa shape index (κ3) is 3.87. The molecule has 0 atom stereocenters. The second-order valence-electron chi connectivity index (χ2n) is 4.68. The van der Waals surface area contributed by atoms with Gasteiger partial charge in [0.15, 0.2) is 5.75 Å². The number of benzene rings is 1. The molecule has 1 rings (SSSR count). The van der Waals surface area contributed by atoms with Crippen molar-refractivity contribution in [3.63, 3.8) is 0 Å². The van der Waals surface area contributed by atoms with E-state index in [1.54, 1.807) is 12.1 Å². The third-order valence-corrected chi connectivity index (χ3v) is 3.86. The average Bonchev–Trinajstić information content (AvgIpc) is 2.36. The van der Waals surface area contributed by atoms with Crippen LogP contribution in [0.25, 0.3) is 0 Å². The van der Waals surface area contributed by atoms with Gasteiger partial charge in [0, 0.05) is 10.7 Å². The maximum atomic E-state index is 10.9. The summed E-state index contributed by atoms with van der Waals surface area (Å²) in [7, 11) is 1.47. The molecule has 0 aliphatic rings. The first-order chi connectivity index (χ1) is 8.39. The Kier molecular flexibility index (Phi) is 4.95. The minimum Gasteiger partial charge on any atom is -0.496 e. The summed E-state index contributed by atoms with van der Waals surface area (Å²) in [5.74, 6) is 0.698. The Morgan fingerprint density at radius 3 is 2.61 bits per heavy atom. The number of rotatable bonds is 6. The molecule has 100 valence electrons. The molecular formula is C12H16BrNO4. The van der Waals surface area contributed by atoms with Crippen LogP contribution in [0.2, 0.25) is 0 Å². The van der Waals surface area contributed by atoms with Crippen molar-refractivity contribution in [3.05, 3.63) is 28.3 Å². The number of halogens is 1. The molecule has 0 amide bonds. The zero-order valence-electron chi connectivity index (χ0n) is 10.6. The number of nitro groups is 1. The van der Waals surface area contributed by atoms with Crippen molar-refractivity contribution in [2.45, 2.75) is 13.8 Å². The van der Waals surface area contributed by atoms with E-state index < -0.39 is 4.92 Å². The van der Waals surface area contributed by atoms with Crippen LogP contribution in [-0.4, -0.2) is 24.0 Å². The minimum absolute atomic E-state index is 0.0836. The molecule has 18 heavy (non-hydrogen) atoms. The Morgan fingerprint density at radius 2 is 2.11 bits per heavy atom. The van der Waals surface area contributed by atoms with Crippen LogP contribution in [0.1, 0.15) is 13.8 Å². The largest absolute Gasteiger partial charge is 0.496 e. The second kappa shape index (κ2) is 6.04. The summed E-state index contributed by atoms with van der Waals surface area (Å²) >= 11 is 3.38. The van der Waals surface area contributed by atoms with Crippen molar-refractivity contribution in [2.75, 3.05) is 19.0 Å². The molecule has 0 fully saturated rings. The highest BCUT2D eigenvalue weighted by Gasteiger charge is 2.21. The molecule has 0 aliphatic carbocycles. The zero-order valence-corrected chi connectivity index (χ0v) is 12.2. The molecule has 6 heteroatoms. The lowest BCUT2D eigenvalue weighted by Crippen LogP contribution is -2.23. The summed E-state index contributed by atoms with van der Waals surface area (Å²) in [5.41, 5.74) is -0.173. The van der Waals surface area contributed by atoms with Crippen LogP contribution >= 0.6 is 15.9 Å². The fourth-order valence-corrected chi connectivity index (χ4v) is 1.36. The van der Waals surface area contributed by atoms with Crippen molar-refractivity contribution >= 4 is 21.6 Å². The first-order valence-corrected chi connectivity index (χ1v) is 6.53. The highest BCUT2D eigenvalue weighted by molar-refractivity contribution is 9.09. The molecule has 0 saturated heterocycles. The number of methoxy groups -OCH3 is 1. The SMILES string of the molecule is COc1ccc(OCC(C)(C)CBr)c([N+](=O)[O-])c1. The van der Waals surface area contributed by atoms with Crippen LogP contribution in [0.4, 0.5) is 5.69 Å². The summed E-state index contributed by atoms with van der Waals surface area (Å²) in [5, 5.41) is 11.7. The van der Waals surface area contributed by atoms with E-state index in [-0.39, 0.29) is 16.9 Å². The predicted molar refractivity (Wildman–Crippen MR) is 72.7 cm³/mol. The van der Waals surface area contributed by atoms with Gasteiger partial charge in [-0.1, -0.05) is 29.8 Å². The van der Waals surface area contributed by atoms with Crippen LogP contribution in [-0.2, 0) is 0 Å². The minimum atomic E-state index is -0.473.